The van der Waals surface area contributed by atoms with Crippen molar-refractivity contribution in [3.63, 3.8) is 0 Å². The van der Waals surface area contributed by atoms with Crippen LogP contribution in [0.3, 0.4) is 0 Å². The fourth-order valence-electron chi connectivity index (χ4n) is 0.818. The molecule has 0 aromatic carbocycles. The van der Waals surface area contributed by atoms with Crippen molar-refractivity contribution in [1.82, 2.24) is 9.97 Å². The number of hydrogen-bond donors (Lipinski definition) is 0. The zero-order chi connectivity index (χ0) is 8.27. The van der Waals surface area contributed by atoms with Gasteiger partial charge >= 0.3 is 0 Å². The molecule has 1 heterocycles. The lowest BCUT2D eigenvalue weighted by molar-refractivity contribution is 1.09. The molecule has 0 atom stereocenters. The number of aromatic nitrogens is 2. The third kappa shape index (κ3) is 1.77. The number of allylic oxidation sites excluding steroid dienone is 1. The van der Waals surface area contributed by atoms with Gasteiger partial charge in [-0.1, -0.05) is 6.58 Å². The predicted molar refractivity (Wildman–Crippen MR) is 46.5 cm³/mol. The summed E-state index contributed by atoms with van der Waals surface area (Å²) in [5, 5.41) is 0. The highest BCUT2D eigenvalue weighted by Gasteiger charge is 2.02. The van der Waals surface area contributed by atoms with Crippen molar-refractivity contribution in [2.24, 2.45) is 0 Å². The van der Waals surface area contributed by atoms with Crippen LogP contribution in [0.15, 0.2) is 19.0 Å². The second-order valence-electron chi connectivity index (χ2n) is 2.23. The average Bonchev–Trinajstić information content (AvgIpc) is 2.04. The van der Waals surface area contributed by atoms with E-state index in [2.05, 4.69) is 16.5 Å². The molecule has 1 aromatic rings. The molecule has 0 spiro atoms. The van der Waals surface area contributed by atoms with Gasteiger partial charge in [0.15, 0.2) is 0 Å². The predicted octanol–water partition coefficient (Wildman–Crippen LogP) is 2.04. The van der Waals surface area contributed by atoms with Crippen molar-refractivity contribution in [3.05, 3.63) is 30.4 Å². The van der Waals surface area contributed by atoms with Gasteiger partial charge in [0, 0.05) is 18.3 Å². The van der Waals surface area contributed by atoms with E-state index < -0.39 is 0 Å². The van der Waals surface area contributed by atoms with Crippen LogP contribution < -0.4 is 0 Å². The Bertz CT molecular complexity index is 271. The van der Waals surface area contributed by atoms with Gasteiger partial charge in [0.1, 0.15) is 0 Å². The fraction of sp³-hybridized carbons (Fsp3) is 0.250. The monoisotopic (exact) mass is 168 g/mol. The van der Waals surface area contributed by atoms with Crippen LogP contribution in [0.1, 0.15) is 11.4 Å². The highest BCUT2D eigenvalue weighted by Crippen LogP contribution is 2.12. The molecule has 58 valence electrons. The number of halogens is 1. The normalized spacial score (nSPS) is 9.64. The molecule has 0 amide bonds. The van der Waals surface area contributed by atoms with Crippen LogP contribution in [-0.2, 0) is 0 Å². The van der Waals surface area contributed by atoms with Gasteiger partial charge in [-0.2, -0.15) is 0 Å². The first-order valence-corrected chi connectivity index (χ1v) is 3.81. The van der Waals surface area contributed by atoms with Crippen molar-refractivity contribution in [1.29, 1.82) is 0 Å². The third-order valence-electron chi connectivity index (χ3n) is 1.38. The van der Waals surface area contributed by atoms with Crippen LogP contribution in [0, 0.1) is 6.92 Å². The Balaban J connectivity index is 3.03. The van der Waals surface area contributed by atoms with E-state index in [-0.39, 0.29) is 0 Å². The maximum atomic E-state index is 5.59. The average molecular weight is 169 g/mol. The van der Waals surface area contributed by atoms with Crippen LogP contribution in [0.25, 0.3) is 5.57 Å². The summed E-state index contributed by atoms with van der Waals surface area (Å²) in [5.41, 5.74) is 2.50. The molecule has 0 N–H and O–H groups in total. The fourth-order valence-corrected chi connectivity index (χ4v) is 0.945. The minimum absolute atomic E-state index is 0.402. The molecule has 11 heavy (non-hydrogen) atoms. The molecule has 0 aliphatic carbocycles. The largest absolute Gasteiger partial charge is 0.258 e. The van der Waals surface area contributed by atoms with E-state index in [9.17, 15) is 0 Å². The van der Waals surface area contributed by atoms with Gasteiger partial charge in [0.25, 0.3) is 0 Å². The van der Waals surface area contributed by atoms with Crippen LogP contribution in [-0.4, -0.2) is 15.8 Å². The molecule has 1 aromatic heterocycles. The van der Waals surface area contributed by atoms with Crippen molar-refractivity contribution < 1.29 is 0 Å². The van der Waals surface area contributed by atoms with E-state index in [0.29, 0.717) is 5.88 Å². The molecule has 0 saturated carbocycles. The minimum atomic E-state index is 0.402. The quantitative estimate of drug-likeness (QED) is 0.632. The zero-order valence-corrected chi connectivity index (χ0v) is 7.10. The second kappa shape index (κ2) is 3.49. The maximum Gasteiger partial charge on any atom is 0.0880 e. The van der Waals surface area contributed by atoms with Crippen LogP contribution in [0.5, 0.6) is 0 Å². The van der Waals surface area contributed by atoms with Gasteiger partial charge in [-0.05, 0) is 12.5 Å². The topological polar surface area (TPSA) is 25.8 Å². The lowest BCUT2D eigenvalue weighted by atomic mass is 10.2. The highest BCUT2D eigenvalue weighted by molar-refractivity contribution is 6.23. The maximum absolute atomic E-state index is 5.59. The van der Waals surface area contributed by atoms with Gasteiger partial charge in [0.2, 0.25) is 0 Å². The Labute approximate surface area is 70.9 Å². The Morgan fingerprint density at radius 1 is 1.55 bits per heavy atom. The summed E-state index contributed by atoms with van der Waals surface area (Å²) >= 11 is 5.59. The van der Waals surface area contributed by atoms with Gasteiger partial charge in [-0.3, -0.25) is 9.97 Å². The van der Waals surface area contributed by atoms with Crippen molar-refractivity contribution in [2.75, 3.05) is 5.88 Å². The number of hydrogen-bond acceptors (Lipinski definition) is 2. The van der Waals surface area contributed by atoms with Crippen LogP contribution in [0.2, 0.25) is 0 Å². The molecule has 0 saturated heterocycles. The van der Waals surface area contributed by atoms with E-state index in [1.165, 1.54) is 0 Å². The lowest BCUT2D eigenvalue weighted by Gasteiger charge is -2.01. The van der Waals surface area contributed by atoms with Gasteiger partial charge in [-0.25, -0.2) is 0 Å². The van der Waals surface area contributed by atoms with Gasteiger partial charge in [0.05, 0.1) is 11.4 Å². The zero-order valence-electron chi connectivity index (χ0n) is 6.34. The Morgan fingerprint density at radius 2 is 2.18 bits per heavy atom. The van der Waals surface area contributed by atoms with Crippen molar-refractivity contribution in [3.8, 4) is 0 Å². The standard InChI is InChI=1S/C8H9ClN2/c1-6(5-9)8-7(2)10-3-4-11-8/h3-4H,1,5H2,2H3. The lowest BCUT2D eigenvalue weighted by Crippen LogP contribution is -1.95. The Kier molecular flexibility index (Phi) is 2.60. The summed E-state index contributed by atoms with van der Waals surface area (Å²) in [6, 6.07) is 0. The number of aryl methyl sites for hydroxylation is 1. The van der Waals surface area contributed by atoms with Crippen molar-refractivity contribution in [2.45, 2.75) is 6.92 Å². The first-order valence-electron chi connectivity index (χ1n) is 3.27. The van der Waals surface area contributed by atoms with Crippen LogP contribution in [0.4, 0.5) is 0 Å². The molecule has 0 fully saturated rings. The summed E-state index contributed by atoms with van der Waals surface area (Å²) in [5.74, 6) is 0.402. The first-order chi connectivity index (χ1) is 5.25. The molecule has 1 rings (SSSR count). The molecule has 0 bridgehead atoms. The highest BCUT2D eigenvalue weighted by atomic mass is 35.5. The van der Waals surface area contributed by atoms with E-state index in [4.69, 9.17) is 11.6 Å². The van der Waals surface area contributed by atoms with E-state index in [0.717, 1.165) is 17.0 Å². The number of nitrogens with zero attached hydrogens (tertiary/aromatic N) is 2. The summed E-state index contributed by atoms with van der Waals surface area (Å²) in [6.07, 6.45) is 3.29. The molecular weight excluding hydrogens is 160 g/mol. The smallest absolute Gasteiger partial charge is 0.0880 e. The molecular formula is C8H9ClN2. The second-order valence-corrected chi connectivity index (χ2v) is 2.49. The summed E-state index contributed by atoms with van der Waals surface area (Å²) in [6.45, 7) is 5.66. The number of alkyl halides is 1. The minimum Gasteiger partial charge on any atom is -0.258 e. The summed E-state index contributed by atoms with van der Waals surface area (Å²) < 4.78 is 0. The van der Waals surface area contributed by atoms with Gasteiger partial charge < -0.3 is 0 Å². The Morgan fingerprint density at radius 3 is 2.73 bits per heavy atom. The molecule has 0 unspecified atom stereocenters. The summed E-state index contributed by atoms with van der Waals surface area (Å²) in [4.78, 5) is 8.17. The third-order valence-corrected chi connectivity index (χ3v) is 1.70. The summed E-state index contributed by atoms with van der Waals surface area (Å²) in [7, 11) is 0. The van der Waals surface area contributed by atoms with E-state index in [1.54, 1.807) is 12.4 Å². The first kappa shape index (κ1) is 8.21. The molecule has 0 aliphatic heterocycles. The SMILES string of the molecule is C=C(CCl)c1nccnc1C. The molecule has 0 radical (unpaired) electrons. The molecule has 2 nitrogen and oxygen atoms in total. The van der Waals surface area contributed by atoms with E-state index in [1.807, 2.05) is 6.92 Å². The molecule has 0 aliphatic rings. The Hall–Kier alpha value is -0.890. The number of rotatable bonds is 2. The van der Waals surface area contributed by atoms with Crippen LogP contribution >= 0.6 is 11.6 Å². The molecule has 3 heteroatoms. The van der Waals surface area contributed by atoms with E-state index >= 15 is 0 Å². The van der Waals surface area contributed by atoms with Crippen molar-refractivity contribution >= 4 is 17.2 Å². The van der Waals surface area contributed by atoms with Gasteiger partial charge in [-0.15, -0.1) is 11.6 Å².